The van der Waals surface area contributed by atoms with Gasteiger partial charge >= 0.3 is 5.97 Å². The molecule has 6 nitrogen and oxygen atoms in total. The van der Waals surface area contributed by atoms with Crippen molar-refractivity contribution in [3.63, 3.8) is 0 Å². The van der Waals surface area contributed by atoms with Crippen LogP contribution in [0.15, 0.2) is 109 Å². The van der Waals surface area contributed by atoms with Gasteiger partial charge in [-0.15, -0.1) is 0 Å². The summed E-state index contributed by atoms with van der Waals surface area (Å²) in [5.41, 5.74) is 3.94. The molecule has 40 heavy (non-hydrogen) atoms. The molecule has 1 N–H and O–H groups in total. The maximum Gasteiger partial charge on any atom is 0.336 e. The van der Waals surface area contributed by atoms with Gasteiger partial charge in [0.05, 0.1) is 19.8 Å². The van der Waals surface area contributed by atoms with E-state index in [1.54, 1.807) is 7.11 Å². The quantitative estimate of drug-likeness (QED) is 0.204. The number of nitrogens with zero attached hydrogens (tertiary/aromatic N) is 1. The predicted molar refractivity (Wildman–Crippen MR) is 156 cm³/mol. The van der Waals surface area contributed by atoms with Gasteiger partial charge in [-0.25, -0.2) is 4.79 Å². The van der Waals surface area contributed by atoms with Crippen LogP contribution in [0.1, 0.15) is 29.2 Å². The maximum atomic E-state index is 13.3. The van der Waals surface area contributed by atoms with Crippen molar-refractivity contribution in [2.75, 3.05) is 13.7 Å². The van der Waals surface area contributed by atoms with E-state index in [4.69, 9.17) is 14.2 Å². The third-order valence-corrected chi connectivity index (χ3v) is 6.73. The van der Waals surface area contributed by atoms with Gasteiger partial charge in [0.25, 0.3) is 0 Å². The Morgan fingerprint density at radius 1 is 0.750 bits per heavy atom. The number of methoxy groups -OCH3 is 1. The van der Waals surface area contributed by atoms with E-state index in [0.717, 1.165) is 22.3 Å². The number of hydrogen-bond donors (Lipinski definition) is 1. The molecule has 0 amide bonds. The number of aliphatic hydroxyl groups is 1. The highest BCUT2D eigenvalue weighted by atomic mass is 16.5. The normalized spacial score (nSPS) is 12.5. The molecule has 0 saturated carbocycles. The Morgan fingerprint density at radius 2 is 1.30 bits per heavy atom. The van der Waals surface area contributed by atoms with E-state index < -0.39 is 18.1 Å². The highest BCUT2D eigenvalue weighted by Gasteiger charge is 2.33. The van der Waals surface area contributed by atoms with Crippen molar-refractivity contribution in [2.24, 2.45) is 0 Å². The Kier molecular flexibility index (Phi) is 10.7. The van der Waals surface area contributed by atoms with Crippen molar-refractivity contribution in [2.45, 2.75) is 45.2 Å². The fourth-order valence-corrected chi connectivity index (χ4v) is 4.70. The SMILES string of the molecule is CCOc1cc(CC(C(O)C(=O)OCc2ccccc2)N(Cc2ccccc2)Cc2ccccc2)ccc1OC. The number of rotatable bonds is 14. The van der Waals surface area contributed by atoms with Gasteiger partial charge in [0.1, 0.15) is 6.61 Å². The first-order valence-corrected chi connectivity index (χ1v) is 13.6. The molecule has 2 unspecified atom stereocenters. The average Bonchev–Trinajstić information content (AvgIpc) is 3.00. The second-order valence-electron chi connectivity index (χ2n) is 9.60. The molecule has 0 aliphatic carbocycles. The van der Waals surface area contributed by atoms with E-state index in [0.29, 0.717) is 37.6 Å². The molecule has 4 rings (SSSR count). The predicted octanol–water partition coefficient (Wildman–Crippen LogP) is 5.81. The van der Waals surface area contributed by atoms with Crippen LogP contribution in [0.2, 0.25) is 0 Å². The molecular weight excluding hydrogens is 502 g/mol. The molecule has 0 aliphatic heterocycles. The Labute approximate surface area is 236 Å². The molecule has 0 heterocycles. The molecule has 208 valence electrons. The summed E-state index contributed by atoms with van der Waals surface area (Å²) in [6.07, 6.45) is -0.987. The van der Waals surface area contributed by atoms with Crippen LogP contribution in [0.3, 0.4) is 0 Å². The van der Waals surface area contributed by atoms with Crippen molar-refractivity contribution < 1.29 is 24.1 Å². The fraction of sp³-hybridized carbons (Fsp3) is 0.265. The van der Waals surface area contributed by atoms with Gasteiger partial charge in [-0.3, -0.25) is 4.90 Å². The van der Waals surface area contributed by atoms with Crippen LogP contribution in [0, 0.1) is 0 Å². The molecular formula is C34H37NO5. The van der Waals surface area contributed by atoms with Gasteiger partial charge in [0, 0.05) is 13.1 Å². The molecule has 0 bridgehead atoms. The van der Waals surface area contributed by atoms with Gasteiger partial charge in [-0.2, -0.15) is 0 Å². The standard InChI is InChI=1S/C34H37NO5/c1-3-39-32-22-29(19-20-31(32)38-2)21-30(33(36)34(37)40-25-28-17-11-6-12-18-28)35(23-26-13-7-4-8-14-26)24-27-15-9-5-10-16-27/h4-20,22,30,33,36H,3,21,23-25H2,1-2H3. The van der Waals surface area contributed by atoms with Gasteiger partial charge in [-0.05, 0) is 47.7 Å². The second-order valence-corrected chi connectivity index (χ2v) is 9.60. The van der Waals surface area contributed by atoms with E-state index in [1.807, 2.05) is 91.9 Å². The largest absolute Gasteiger partial charge is 0.493 e. The molecule has 0 fully saturated rings. The summed E-state index contributed by atoms with van der Waals surface area (Å²) in [7, 11) is 1.61. The Hall–Kier alpha value is -4.13. The van der Waals surface area contributed by atoms with E-state index in [9.17, 15) is 9.90 Å². The molecule has 0 spiro atoms. The topological polar surface area (TPSA) is 68.2 Å². The lowest BCUT2D eigenvalue weighted by atomic mass is 9.97. The van der Waals surface area contributed by atoms with Crippen LogP contribution >= 0.6 is 0 Å². The summed E-state index contributed by atoms with van der Waals surface area (Å²) < 4.78 is 16.9. The van der Waals surface area contributed by atoms with Crippen LogP contribution in [-0.4, -0.2) is 41.8 Å². The highest BCUT2D eigenvalue weighted by Crippen LogP contribution is 2.30. The zero-order valence-electron chi connectivity index (χ0n) is 23.1. The number of ether oxygens (including phenoxy) is 3. The zero-order valence-corrected chi connectivity index (χ0v) is 23.1. The van der Waals surface area contributed by atoms with Crippen LogP contribution in [0.4, 0.5) is 0 Å². The minimum Gasteiger partial charge on any atom is -0.493 e. The summed E-state index contributed by atoms with van der Waals surface area (Å²) >= 11 is 0. The van der Waals surface area contributed by atoms with Gasteiger partial charge in [0.15, 0.2) is 17.6 Å². The number of hydrogen-bond acceptors (Lipinski definition) is 6. The first-order chi connectivity index (χ1) is 19.6. The van der Waals surface area contributed by atoms with Crippen LogP contribution in [0.25, 0.3) is 0 Å². The lowest BCUT2D eigenvalue weighted by molar-refractivity contribution is -0.159. The molecule has 0 radical (unpaired) electrons. The molecule has 0 aromatic heterocycles. The number of aliphatic hydroxyl groups excluding tert-OH is 1. The van der Waals surface area contributed by atoms with Crippen molar-refractivity contribution in [3.8, 4) is 11.5 Å². The number of carbonyl (C=O) groups is 1. The van der Waals surface area contributed by atoms with E-state index in [2.05, 4.69) is 29.2 Å². The smallest absolute Gasteiger partial charge is 0.336 e. The van der Waals surface area contributed by atoms with E-state index in [-0.39, 0.29) is 6.61 Å². The molecule has 6 heteroatoms. The van der Waals surface area contributed by atoms with Crippen LogP contribution in [-0.2, 0) is 35.6 Å². The molecule has 4 aromatic rings. The lowest BCUT2D eigenvalue weighted by Crippen LogP contribution is -2.48. The van der Waals surface area contributed by atoms with Crippen molar-refractivity contribution in [1.82, 2.24) is 4.90 Å². The van der Waals surface area contributed by atoms with Gasteiger partial charge in [0.2, 0.25) is 0 Å². The Balaban J connectivity index is 1.66. The first kappa shape index (κ1) is 28.9. The van der Waals surface area contributed by atoms with Crippen molar-refractivity contribution in [3.05, 3.63) is 131 Å². The number of benzene rings is 4. The maximum absolute atomic E-state index is 13.3. The second kappa shape index (κ2) is 14.9. The third kappa shape index (κ3) is 8.18. The minimum absolute atomic E-state index is 0.0951. The van der Waals surface area contributed by atoms with Crippen molar-refractivity contribution in [1.29, 1.82) is 0 Å². The lowest BCUT2D eigenvalue weighted by Gasteiger charge is -2.34. The van der Waals surface area contributed by atoms with Crippen molar-refractivity contribution >= 4 is 5.97 Å². The molecule has 4 aromatic carbocycles. The zero-order chi connectivity index (χ0) is 28.2. The number of esters is 1. The highest BCUT2D eigenvalue weighted by molar-refractivity contribution is 5.75. The summed E-state index contributed by atoms with van der Waals surface area (Å²) in [6.45, 7) is 3.59. The van der Waals surface area contributed by atoms with E-state index in [1.165, 1.54) is 0 Å². The fourth-order valence-electron chi connectivity index (χ4n) is 4.70. The summed E-state index contributed by atoms with van der Waals surface area (Å²) in [5.74, 6) is 0.606. The summed E-state index contributed by atoms with van der Waals surface area (Å²) in [6, 6.07) is 34.7. The van der Waals surface area contributed by atoms with E-state index >= 15 is 0 Å². The third-order valence-electron chi connectivity index (χ3n) is 6.73. The average molecular weight is 540 g/mol. The Morgan fingerprint density at radius 3 is 1.82 bits per heavy atom. The monoisotopic (exact) mass is 539 g/mol. The molecule has 0 aliphatic rings. The summed E-state index contributed by atoms with van der Waals surface area (Å²) in [5, 5.41) is 11.5. The summed E-state index contributed by atoms with van der Waals surface area (Å²) in [4.78, 5) is 15.4. The molecule has 2 atom stereocenters. The van der Waals surface area contributed by atoms with Crippen LogP contribution in [0.5, 0.6) is 11.5 Å². The molecule has 0 saturated heterocycles. The Bertz CT molecular complexity index is 1270. The van der Waals surface area contributed by atoms with Gasteiger partial charge in [-0.1, -0.05) is 97.1 Å². The minimum atomic E-state index is -1.38. The van der Waals surface area contributed by atoms with Crippen LogP contribution < -0.4 is 9.47 Å². The number of carbonyl (C=O) groups excluding carboxylic acids is 1. The van der Waals surface area contributed by atoms with Gasteiger partial charge < -0.3 is 19.3 Å². The first-order valence-electron chi connectivity index (χ1n) is 13.6.